The van der Waals surface area contributed by atoms with Crippen LogP contribution in [0.5, 0.6) is 0 Å². The molecule has 0 atom stereocenters. The molecule has 0 heterocycles. The SMILES string of the molecule is CO[Si](CCCOC(CO)CO)(OC)OC. The normalized spacial score (nSPS) is 12.4. The minimum atomic E-state index is -2.51. The van der Waals surface area contributed by atoms with Crippen molar-refractivity contribution < 1.29 is 28.2 Å². The fraction of sp³-hybridized carbons (Fsp3) is 1.00. The van der Waals surface area contributed by atoms with E-state index in [1.807, 2.05) is 0 Å². The smallest absolute Gasteiger partial charge is 0.394 e. The first-order valence-electron chi connectivity index (χ1n) is 5.16. The van der Waals surface area contributed by atoms with Crippen LogP contribution >= 0.6 is 0 Å². The van der Waals surface area contributed by atoms with Crippen LogP contribution in [0.25, 0.3) is 0 Å². The van der Waals surface area contributed by atoms with Crippen molar-refractivity contribution in [1.29, 1.82) is 0 Å². The van der Waals surface area contributed by atoms with Gasteiger partial charge in [-0.25, -0.2) is 0 Å². The first-order chi connectivity index (χ1) is 7.67. The Hall–Kier alpha value is -0.0231. The summed E-state index contributed by atoms with van der Waals surface area (Å²) in [6, 6.07) is 0.639. The Kier molecular flexibility index (Phi) is 9.04. The number of hydrogen-bond acceptors (Lipinski definition) is 6. The zero-order valence-electron chi connectivity index (χ0n) is 10.1. The highest BCUT2D eigenvalue weighted by Gasteiger charge is 2.36. The van der Waals surface area contributed by atoms with Gasteiger partial charge in [0.05, 0.1) is 13.2 Å². The van der Waals surface area contributed by atoms with Crippen molar-refractivity contribution in [3.63, 3.8) is 0 Å². The van der Waals surface area contributed by atoms with Crippen LogP contribution in [0, 0.1) is 0 Å². The van der Waals surface area contributed by atoms with Gasteiger partial charge in [0.15, 0.2) is 0 Å². The summed E-state index contributed by atoms with van der Waals surface area (Å²) in [4.78, 5) is 0. The van der Waals surface area contributed by atoms with Crippen LogP contribution in [0.3, 0.4) is 0 Å². The van der Waals surface area contributed by atoms with Gasteiger partial charge in [-0.15, -0.1) is 0 Å². The molecule has 7 heteroatoms. The van der Waals surface area contributed by atoms with Gasteiger partial charge >= 0.3 is 8.80 Å². The van der Waals surface area contributed by atoms with Crippen LogP contribution < -0.4 is 0 Å². The molecule has 0 fully saturated rings. The Morgan fingerprint density at radius 1 is 1.00 bits per heavy atom. The molecule has 16 heavy (non-hydrogen) atoms. The van der Waals surface area contributed by atoms with E-state index < -0.39 is 14.9 Å². The van der Waals surface area contributed by atoms with Crippen LogP contribution in [-0.2, 0) is 18.0 Å². The third-order valence-electron chi connectivity index (χ3n) is 2.32. The highest BCUT2D eigenvalue weighted by Crippen LogP contribution is 2.14. The maximum absolute atomic E-state index is 8.77. The largest absolute Gasteiger partial charge is 0.500 e. The summed E-state index contributed by atoms with van der Waals surface area (Å²) in [5, 5.41) is 17.5. The van der Waals surface area contributed by atoms with Gasteiger partial charge in [-0.2, -0.15) is 0 Å². The Bertz CT molecular complexity index is 152. The third kappa shape index (κ3) is 5.35. The summed E-state index contributed by atoms with van der Waals surface area (Å²) in [7, 11) is 2.16. The van der Waals surface area contributed by atoms with E-state index in [4.69, 9.17) is 28.2 Å². The summed E-state index contributed by atoms with van der Waals surface area (Å²) >= 11 is 0. The van der Waals surface area contributed by atoms with Gasteiger partial charge in [-0.05, 0) is 6.42 Å². The van der Waals surface area contributed by atoms with E-state index in [0.29, 0.717) is 19.1 Å². The van der Waals surface area contributed by atoms with Crippen molar-refractivity contribution in [2.75, 3.05) is 41.2 Å². The maximum atomic E-state index is 8.77. The molecule has 0 aliphatic carbocycles. The number of rotatable bonds is 10. The molecule has 98 valence electrons. The van der Waals surface area contributed by atoms with Crippen LogP contribution in [0.1, 0.15) is 6.42 Å². The van der Waals surface area contributed by atoms with Gasteiger partial charge in [0, 0.05) is 34.0 Å². The average molecular weight is 254 g/mol. The van der Waals surface area contributed by atoms with Crippen molar-refractivity contribution in [1.82, 2.24) is 0 Å². The van der Waals surface area contributed by atoms with Gasteiger partial charge in [-0.3, -0.25) is 0 Å². The summed E-state index contributed by atoms with van der Waals surface area (Å²) in [6.07, 6.45) is 0.182. The second-order valence-corrected chi connectivity index (χ2v) is 6.35. The Balaban J connectivity index is 3.78. The zero-order chi connectivity index (χ0) is 12.4. The van der Waals surface area contributed by atoms with E-state index in [9.17, 15) is 0 Å². The first-order valence-corrected chi connectivity index (χ1v) is 7.10. The molecule has 0 saturated carbocycles. The minimum Gasteiger partial charge on any atom is -0.394 e. The highest BCUT2D eigenvalue weighted by atomic mass is 28.4. The molecule has 0 bridgehead atoms. The summed E-state index contributed by atoms with van der Waals surface area (Å²) < 4.78 is 20.9. The van der Waals surface area contributed by atoms with Crippen molar-refractivity contribution in [3.05, 3.63) is 0 Å². The number of aliphatic hydroxyl groups is 2. The quantitative estimate of drug-likeness (QED) is 0.409. The zero-order valence-corrected chi connectivity index (χ0v) is 11.1. The van der Waals surface area contributed by atoms with E-state index in [0.717, 1.165) is 0 Å². The van der Waals surface area contributed by atoms with Gasteiger partial charge < -0.3 is 28.2 Å². The first kappa shape index (κ1) is 16.0. The summed E-state index contributed by atoms with van der Waals surface area (Å²) in [5.74, 6) is 0. The topological polar surface area (TPSA) is 77.4 Å². The minimum absolute atomic E-state index is 0.183. The molecule has 0 unspecified atom stereocenters. The molecule has 0 amide bonds. The van der Waals surface area contributed by atoms with Crippen molar-refractivity contribution in [3.8, 4) is 0 Å². The Labute approximate surface area is 97.5 Å². The predicted octanol–water partition coefficient (Wildman–Crippen LogP) is -0.376. The van der Waals surface area contributed by atoms with E-state index in [2.05, 4.69) is 0 Å². The molecule has 0 aliphatic rings. The molecular formula is C9H22O6Si. The van der Waals surface area contributed by atoms with Gasteiger partial charge in [0.2, 0.25) is 0 Å². The van der Waals surface area contributed by atoms with E-state index >= 15 is 0 Å². The maximum Gasteiger partial charge on any atom is 0.500 e. The van der Waals surface area contributed by atoms with Crippen molar-refractivity contribution in [2.24, 2.45) is 0 Å². The average Bonchev–Trinajstić information content (AvgIpc) is 2.35. The second-order valence-electron chi connectivity index (χ2n) is 3.26. The highest BCUT2D eigenvalue weighted by molar-refractivity contribution is 6.60. The van der Waals surface area contributed by atoms with Crippen molar-refractivity contribution in [2.45, 2.75) is 18.6 Å². The standard InChI is InChI=1S/C9H22O6Si/c1-12-16(13-2,14-3)6-4-5-15-9(7-10)8-11/h9-11H,4-8H2,1-3H3. The Morgan fingerprint density at radius 3 is 1.88 bits per heavy atom. The van der Waals surface area contributed by atoms with Crippen LogP contribution in [0.2, 0.25) is 6.04 Å². The lowest BCUT2D eigenvalue weighted by molar-refractivity contribution is -0.0203. The monoisotopic (exact) mass is 254 g/mol. The van der Waals surface area contributed by atoms with E-state index in [1.54, 1.807) is 21.3 Å². The molecule has 6 nitrogen and oxygen atoms in total. The second kappa shape index (κ2) is 9.05. The Morgan fingerprint density at radius 2 is 1.50 bits per heavy atom. The van der Waals surface area contributed by atoms with Gasteiger partial charge in [0.25, 0.3) is 0 Å². The number of aliphatic hydroxyl groups excluding tert-OH is 2. The van der Waals surface area contributed by atoms with E-state index in [1.165, 1.54) is 0 Å². The molecule has 0 aromatic rings. The fourth-order valence-corrected chi connectivity index (χ4v) is 2.95. The summed E-state index contributed by atoms with van der Waals surface area (Å²) in [6.45, 7) is 0.0619. The molecule has 0 aliphatic heterocycles. The molecular weight excluding hydrogens is 232 g/mol. The van der Waals surface area contributed by atoms with E-state index in [-0.39, 0.29) is 13.2 Å². The molecule has 0 spiro atoms. The lowest BCUT2D eigenvalue weighted by atomic mass is 10.4. The molecule has 0 rings (SSSR count). The number of ether oxygens (including phenoxy) is 1. The fourth-order valence-electron chi connectivity index (χ4n) is 1.26. The van der Waals surface area contributed by atoms with Crippen LogP contribution in [-0.4, -0.2) is 66.3 Å². The molecule has 0 saturated heterocycles. The number of hydrogen-bond donors (Lipinski definition) is 2. The van der Waals surface area contributed by atoms with Gasteiger partial charge in [-0.1, -0.05) is 0 Å². The third-order valence-corrected chi connectivity index (χ3v) is 5.15. The van der Waals surface area contributed by atoms with Crippen molar-refractivity contribution >= 4 is 8.80 Å². The molecule has 0 aromatic heterocycles. The lowest BCUT2D eigenvalue weighted by Crippen LogP contribution is -2.42. The molecule has 0 aromatic carbocycles. The molecule has 2 N–H and O–H groups in total. The van der Waals surface area contributed by atoms with Crippen LogP contribution in [0.4, 0.5) is 0 Å². The predicted molar refractivity (Wildman–Crippen MR) is 60.1 cm³/mol. The molecule has 0 radical (unpaired) electrons. The summed E-state index contributed by atoms with van der Waals surface area (Å²) in [5.41, 5.74) is 0. The van der Waals surface area contributed by atoms with Gasteiger partial charge in [0.1, 0.15) is 6.10 Å². The van der Waals surface area contributed by atoms with Crippen LogP contribution in [0.15, 0.2) is 0 Å². The lowest BCUT2D eigenvalue weighted by Gasteiger charge is -2.24.